The Bertz CT molecular complexity index is 97.6. The molecule has 0 aromatic rings. The monoisotopic (exact) mass is 162 g/mol. The zero-order valence-corrected chi connectivity index (χ0v) is 7.32. The van der Waals surface area contributed by atoms with Crippen LogP contribution in [0.3, 0.4) is 0 Å². The summed E-state index contributed by atoms with van der Waals surface area (Å²) in [7, 11) is 0. The fourth-order valence-electron chi connectivity index (χ4n) is 0.946. The molecule has 0 bridgehead atoms. The van der Waals surface area contributed by atoms with Crippen LogP contribution < -0.4 is 0 Å². The maximum atomic E-state index is 5.43. The highest BCUT2D eigenvalue weighted by Crippen LogP contribution is 2.15. The van der Waals surface area contributed by atoms with Gasteiger partial charge in [0.2, 0.25) is 0 Å². The Hall–Kier alpha value is 0.270. The van der Waals surface area contributed by atoms with Crippen LogP contribution in [0.2, 0.25) is 0 Å². The van der Waals surface area contributed by atoms with Crippen LogP contribution in [0.4, 0.5) is 0 Å². The second-order valence-electron chi connectivity index (χ2n) is 2.49. The van der Waals surface area contributed by atoms with E-state index in [4.69, 9.17) is 9.47 Å². The van der Waals surface area contributed by atoms with Crippen molar-refractivity contribution in [2.45, 2.75) is 25.7 Å². The van der Waals surface area contributed by atoms with E-state index in [0.717, 1.165) is 18.8 Å². The van der Waals surface area contributed by atoms with Crippen LogP contribution in [-0.2, 0) is 9.47 Å². The van der Waals surface area contributed by atoms with Crippen LogP contribution in [0.5, 0.6) is 0 Å². The average molecular weight is 162 g/mol. The summed E-state index contributed by atoms with van der Waals surface area (Å²) in [6, 6.07) is 0. The lowest BCUT2D eigenvalue weighted by Gasteiger charge is -2.07. The van der Waals surface area contributed by atoms with Gasteiger partial charge in [0, 0.05) is 6.42 Å². The molecule has 2 nitrogen and oxygen atoms in total. The molecule has 0 spiro atoms. The first-order chi connectivity index (χ1) is 4.83. The minimum Gasteiger partial charge on any atom is -0.350 e. The van der Waals surface area contributed by atoms with E-state index in [0.29, 0.717) is 6.10 Å². The molecule has 0 radical (unpaired) electrons. The Morgan fingerprint density at radius 3 is 2.90 bits per heavy atom. The Morgan fingerprint density at radius 1 is 1.60 bits per heavy atom. The van der Waals surface area contributed by atoms with Crippen molar-refractivity contribution in [1.82, 2.24) is 0 Å². The van der Waals surface area contributed by atoms with Gasteiger partial charge >= 0.3 is 0 Å². The molecule has 0 aromatic carbocycles. The second-order valence-corrected chi connectivity index (χ2v) is 3.48. The molecule has 0 saturated carbocycles. The lowest BCUT2D eigenvalue weighted by Crippen LogP contribution is -2.09. The number of hydrogen-bond donors (Lipinski definition) is 0. The highest BCUT2D eigenvalue weighted by molar-refractivity contribution is 7.98. The first-order valence-corrected chi connectivity index (χ1v) is 4.98. The highest BCUT2D eigenvalue weighted by Gasteiger charge is 2.21. The van der Waals surface area contributed by atoms with Gasteiger partial charge in [-0.15, -0.1) is 0 Å². The van der Waals surface area contributed by atoms with Gasteiger partial charge < -0.3 is 9.47 Å². The van der Waals surface area contributed by atoms with Gasteiger partial charge in [0.1, 0.15) is 0 Å². The van der Waals surface area contributed by atoms with Gasteiger partial charge in [-0.3, -0.25) is 0 Å². The van der Waals surface area contributed by atoms with Crippen LogP contribution in [-0.4, -0.2) is 31.0 Å². The molecule has 0 amide bonds. The van der Waals surface area contributed by atoms with E-state index >= 15 is 0 Å². The van der Waals surface area contributed by atoms with Crippen molar-refractivity contribution in [3.63, 3.8) is 0 Å². The molecule has 0 unspecified atom stereocenters. The van der Waals surface area contributed by atoms with Gasteiger partial charge in [-0.05, 0) is 18.9 Å². The molecule has 10 heavy (non-hydrogen) atoms. The van der Waals surface area contributed by atoms with Gasteiger partial charge in [0.15, 0.2) is 6.29 Å². The van der Waals surface area contributed by atoms with Crippen LogP contribution in [0, 0.1) is 0 Å². The summed E-state index contributed by atoms with van der Waals surface area (Å²) in [5, 5.41) is 0. The van der Waals surface area contributed by atoms with Gasteiger partial charge in [-0.2, -0.15) is 11.8 Å². The quantitative estimate of drug-likeness (QED) is 0.626. The smallest absolute Gasteiger partial charge is 0.158 e. The fourth-order valence-corrected chi connectivity index (χ4v) is 1.37. The summed E-state index contributed by atoms with van der Waals surface area (Å²) in [4.78, 5) is 0. The minimum atomic E-state index is 0.0717. The number of rotatable bonds is 3. The van der Waals surface area contributed by atoms with Crippen molar-refractivity contribution < 1.29 is 9.47 Å². The molecule has 1 heterocycles. The Balaban J connectivity index is 2.06. The second kappa shape index (κ2) is 4.21. The third-order valence-corrected chi connectivity index (χ3v) is 2.10. The Kier molecular flexibility index (Phi) is 3.52. The van der Waals surface area contributed by atoms with Crippen molar-refractivity contribution in [1.29, 1.82) is 0 Å². The molecule has 1 aliphatic heterocycles. The molecule has 1 rings (SSSR count). The minimum absolute atomic E-state index is 0.0717. The number of ether oxygens (including phenoxy) is 2. The molecular weight excluding hydrogens is 148 g/mol. The van der Waals surface area contributed by atoms with Gasteiger partial charge in [-0.1, -0.05) is 0 Å². The third kappa shape index (κ3) is 2.48. The van der Waals surface area contributed by atoms with Crippen LogP contribution in [0.25, 0.3) is 0 Å². The van der Waals surface area contributed by atoms with Gasteiger partial charge in [0.25, 0.3) is 0 Å². The largest absolute Gasteiger partial charge is 0.350 e. The van der Waals surface area contributed by atoms with Crippen molar-refractivity contribution in [2.24, 2.45) is 0 Å². The predicted molar refractivity (Wildman–Crippen MR) is 43.3 cm³/mol. The van der Waals surface area contributed by atoms with E-state index in [1.165, 1.54) is 0 Å². The zero-order valence-electron chi connectivity index (χ0n) is 6.50. The van der Waals surface area contributed by atoms with E-state index in [9.17, 15) is 0 Å². The molecule has 1 aliphatic rings. The van der Waals surface area contributed by atoms with Crippen LogP contribution in [0.15, 0.2) is 0 Å². The third-order valence-electron chi connectivity index (χ3n) is 1.46. The van der Waals surface area contributed by atoms with Gasteiger partial charge in [0.05, 0.1) is 12.7 Å². The first kappa shape index (κ1) is 8.37. The van der Waals surface area contributed by atoms with Crippen LogP contribution >= 0.6 is 11.8 Å². The van der Waals surface area contributed by atoms with E-state index in [1.807, 2.05) is 18.7 Å². The average Bonchev–Trinajstić information content (AvgIpc) is 2.31. The maximum Gasteiger partial charge on any atom is 0.158 e. The summed E-state index contributed by atoms with van der Waals surface area (Å²) in [5.74, 6) is 1.12. The van der Waals surface area contributed by atoms with Crippen molar-refractivity contribution in [2.75, 3.05) is 18.6 Å². The van der Waals surface area contributed by atoms with Gasteiger partial charge in [-0.25, -0.2) is 0 Å². The van der Waals surface area contributed by atoms with E-state index in [-0.39, 0.29) is 6.29 Å². The summed E-state index contributed by atoms with van der Waals surface area (Å²) in [5.41, 5.74) is 0. The molecule has 3 heteroatoms. The van der Waals surface area contributed by atoms with Crippen molar-refractivity contribution in [3.05, 3.63) is 0 Å². The van der Waals surface area contributed by atoms with Crippen LogP contribution in [0.1, 0.15) is 13.3 Å². The molecule has 1 saturated heterocycles. The predicted octanol–water partition coefficient (Wildman–Crippen LogP) is 1.50. The normalized spacial score (nSPS) is 33.0. The number of thioether (sulfide) groups is 1. The van der Waals surface area contributed by atoms with E-state index in [1.54, 1.807) is 0 Å². The molecule has 0 aromatic heterocycles. The molecular formula is C7H14O2S. The first-order valence-electron chi connectivity index (χ1n) is 3.59. The standard InChI is InChI=1S/C7H14O2S/c1-6-5-8-7(9-6)3-4-10-2/h6-7H,3-5H2,1-2H3/t6-,7+/m0/s1. The molecule has 0 N–H and O–H groups in total. The van der Waals surface area contributed by atoms with E-state index in [2.05, 4.69) is 6.26 Å². The highest BCUT2D eigenvalue weighted by atomic mass is 32.2. The molecule has 2 atom stereocenters. The zero-order chi connectivity index (χ0) is 7.40. The van der Waals surface area contributed by atoms with E-state index < -0.39 is 0 Å². The summed E-state index contributed by atoms with van der Waals surface area (Å²) < 4.78 is 10.8. The molecule has 0 aliphatic carbocycles. The number of hydrogen-bond acceptors (Lipinski definition) is 3. The SMILES string of the molecule is CSCC[C@@H]1OC[C@H](C)O1. The lowest BCUT2D eigenvalue weighted by atomic mass is 10.4. The Morgan fingerprint density at radius 2 is 2.40 bits per heavy atom. The molecule has 1 fully saturated rings. The van der Waals surface area contributed by atoms with Crippen molar-refractivity contribution in [3.8, 4) is 0 Å². The van der Waals surface area contributed by atoms with Crippen molar-refractivity contribution >= 4 is 11.8 Å². The summed E-state index contributed by atoms with van der Waals surface area (Å²) in [6.45, 7) is 2.80. The summed E-state index contributed by atoms with van der Waals surface area (Å²) >= 11 is 1.83. The summed E-state index contributed by atoms with van der Waals surface area (Å²) in [6.07, 6.45) is 3.48. The topological polar surface area (TPSA) is 18.5 Å². The lowest BCUT2D eigenvalue weighted by molar-refractivity contribution is -0.0549. The maximum absolute atomic E-state index is 5.43. The Labute approximate surface area is 66.3 Å². The fraction of sp³-hybridized carbons (Fsp3) is 1.00. The molecule has 60 valence electrons.